The fourth-order valence-corrected chi connectivity index (χ4v) is 2.15. The van der Waals surface area contributed by atoms with E-state index in [0.717, 1.165) is 31.7 Å². The lowest BCUT2D eigenvalue weighted by Gasteiger charge is -2.22. The average molecular weight is 180 g/mol. The fourth-order valence-electron chi connectivity index (χ4n) is 2.15. The normalized spacial score (nSPS) is 19.2. The molecule has 1 N–H and O–H groups in total. The number of H-pyrrole nitrogens is 1. The Bertz CT molecular complexity index is 268. The van der Waals surface area contributed by atoms with Gasteiger partial charge in [-0.05, 0) is 38.2 Å². The highest BCUT2D eigenvalue weighted by Crippen LogP contribution is 2.30. The minimum Gasteiger partial charge on any atom is -0.381 e. The molecule has 2 heterocycles. The molecule has 0 aromatic carbocycles. The van der Waals surface area contributed by atoms with Gasteiger partial charge < -0.3 is 4.74 Å². The van der Waals surface area contributed by atoms with Crippen molar-refractivity contribution in [1.29, 1.82) is 0 Å². The van der Waals surface area contributed by atoms with Crippen LogP contribution >= 0.6 is 0 Å². The number of ether oxygens (including phenoxy) is 1. The topological polar surface area (TPSA) is 37.9 Å². The Kier molecular flexibility index (Phi) is 2.36. The molecule has 1 aromatic rings. The molecule has 72 valence electrons. The van der Waals surface area contributed by atoms with Gasteiger partial charge in [0.25, 0.3) is 0 Å². The highest BCUT2D eigenvalue weighted by Gasteiger charge is 2.20. The molecule has 1 aliphatic rings. The van der Waals surface area contributed by atoms with Crippen LogP contribution in [-0.2, 0) is 4.74 Å². The molecule has 2 rings (SSSR count). The van der Waals surface area contributed by atoms with Gasteiger partial charge in [0.2, 0.25) is 0 Å². The maximum absolute atomic E-state index is 5.35. The Hall–Kier alpha value is -0.830. The van der Waals surface area contributed by atoms with E-state index in [2.05, 4.69) is 24.0 Å². The monoisotopic (exact) mass is 180 g/mol. The third-order valence-corrected chi connectivity index (χ3v) is 2.81. The second-order valence-corrected chi connectivity index (χ2v) is 3.73. The van der Waals surface area contributed by atoms with Crippen molar-refractivity contribution in [2.75, 3.05) is 13.2 Å². The summed E-state index contributed by atoms with van der Waals surface area (Å²) in [5.41, 5.74) is 3.80. The molecule has 1 fully saturated rings. The first kappa shape index (κ1) is 8.75. The van der Waals surface area contributed by atoms with Crippen LogP contribution in [0.1, 0.15) is 35.7 Å². The lowest BCUT2D eigenvalue weighted by atomic mass is 9.90. The summed E-state index contributed by atoms with van der Waals surface area (Å²) in [5, 5.41) is 7.27. The largest absolute Gasteiger partial charge is 0.381 e. The number of hydrogen-bond donors (Lipinski definition) is 1. The van der Waals surface area contributed by atoms with E-state index in [-0.39, 0.29) is 0 Å². The maximum Gasteiger partial charge on any atom is 0.0628 e. The second kappa shape index (κ2) is 3.50. The Balaban J connectivity index is 2.22. The van der Waals surface area contributed by atoms with Crippen LogP contribution in [0, 0.1) is 13.8 Å². The zero-order valence-electron chi connectivity index (χ0n) is 8.26. The van der Waals surface area contributed by atoms with E-state index < -0.39 is 0 Å². The first-order chi connectivity index (χ1) is 6.29. The van der Waals surface area contributed by atoms with Gasteiger partial charge in [0.1, 0.15) is 0 Å². The summed E-state index contributed by atoms with van der Waals surface area (Å²) in [7, 11) is 0. The Morgan fingerprint density at radius 2 is 2.00 bits per heavy atom. The summed E-state index contributed by atoms with van der Waals surface area (Å²) in [6.45, 7) is 5.97. The molecule has 3 nitrogen and oxygen atoms in total. The summed E-state index contributed by atoms with van der Waals surface area (Å²) in [6, 6.07) is 0. The quantitative estimate of drug-likeness (QED) is 0.717. The summed E-state index contributed by atoms with van der Waals surface area (Å²) in [6.07, 6.45) is 2.28. The Labute approximate surface area is 78.5 Å². The molecule has 1 aliphatic heterocycles. The highest BCUT2D eigenvalue weighted by molar-refractivity contribution is 5.27. The van der Waals surface area contributed by atoms with E-state index >= 15 is 0 Å². The molecule has 0 aliphatic carbocycles. The van der Waals surface area contributed by atoms with Gasteiger partial charge in [-0.25, -0.2) is 0 Å². The summed E-state index contributed by atoms with van der Waals surface area (Å²) in [5.74, 6) is 0.660. The number of nitrogens with zero attached hydrogens (tertiary/aromatic N) is 1. The van der Waals surface area contributed by atoms with Gasteiger partial charge in [0, 0.05) is 18.9 Å². The van der Waals surface area contributed by atoms with Crippen molar-refractivity contribution in [3.05, 3.63) is 17.0 Å². The van der Waals surface area contributed by atoms with Crippen LogP contribution in [0.15, 0.2) is 0 Å². The van der Waals surface area contributed by atoms with Gasteiger partial charge >= 0.3 is 0 Å². The van der Waals surface area contributed by atoms with Gasteiger partial charge in [-0.15, -0.1) is 0 Å². The van der Waals surface area contributed by atoms with E-state index in [4.69, 9.17) is 4.74 Å². The number of aryl methyl sites for hydroxylation is 2. The van der Waals surface area contributed by atoms with E-state index in [1.54, 1.807) is 0 Å². The number of rotatable bonds is 1. The highest BCUT2D eigenvalue weighted by atomic mass is 16.5. The smallest absolute Gasteiger partial charge is 0.0628 e. The number of hydrogen-bond acceptors (Lipinski definition) is 2. The third-order valence-electron chi connectivity index (χ3n) is 2.81. The van der Waals surface area contributed by atoms with Crippen LogP contribution < -0.4 is 0 Å². The van der Waals surface area contributed by atoms with Gasteiger partial charge in [0.15, 0.2) is 0 Å². The zero-order chi connectivity index (χ0) is 9.26. The van der Waals surface area contributed by atoms with E-state index in [9.17, 15) is 0 Å². The Morgan fingerprint density at radius 1 is 1.31 bits per heavy atom. The molecule has 0 atom stereocenters. The first-order valence-electron chi connectivity index (χ1n) is 4.88. The van der Waals surface area contributed by atoms with E-state index in [1.165, 1.54) is 11.3 Å². The molecular weight excluding hydrogens is 164 g/mol. The molecular formula is C10H16N2O. The second-order valence-electron chi connectivity index (χ2n) is 3.73. The predicted molar refractivity (Wildman–Crippen MR) is 50.9 cm³/mol. The summed E-state index contributed by atoms with van der Waals surface area (Å²) >= 11 is 0. The van der Waals surface area contributed by atoms with Crippen LogP contribution in [0.5, 0.6) is 0 Å². The summed E-state index contributed by atoms with van der Waals surface area (Å²) < 4.78 is 5.35. The molecule has 0 saturated carbocycles. The third kappa shape index (κ3) is 1.61. The molecule has 13 heavy (non-hydrogen) atoms. The first-order valence-corrected chi connectivity index (χ1v) is 4.88. The van der Waals surface area contributed by atoms with E-state index in [1.807, 2.05) is 0 Å². The number of nitrogens with one attached hydrogen (secondary N) is 1. The van der Waals surface area contributed by atoms with Crippen LogP contribution in [-0.4, -0.2) is 23.4 Å². The van der Waals surface area contributed by atoms with Crippen molar-refractivity contribution in [2.24, 2.45) is 0 Å². The molecule has 0 unspecified atom stereocenters. The molecule has 3 heteroatoms. The fraction of sp³-hybridized carbons (Fsp3) is 0.700. The molecule has 0 spiro atoms. The van der Waals surface area contributed by atoms with E-state index in [0.29, 0.717) is 5.92 Å². The van der Waals surface area contributed by atoms with Gasteiger partial charge in [-0.2, -0.15) is 5.10 Å². The van der Waals surface area contributed by atoms with Crippen molar-refractivity contribution < 1.29 is 4.74 Å². The lowest BCUT2D eigenvalue weighted by molar-refractivity contribution is 0.0851. The standard InChI is InChI=1S/C10H16N2O/c1-7-10(8(2)12-11-7)9-3-5-13-6-4-9/h9H,3-6H2,1-2H3,(H,11,12). The van der Waals surface area contributed by atoms with Crippen molar-refractivity contribution >= 4 is 0 Å². The number of aromatic amines is 1. The van der Waals surface area contributed by atoms with Crippen molar-refractivity contribution in [1.82, 2.24) is 10.2 Å². The maximum atomic E-state index is 5.35. The van der Waals surface area contributed by atoms with Gasteiger partial charge in [0.05, 0.1) is 5.69 Å². The minimum absolute atomic E-state index is 0.660. The van der Waals surface area contributed by atoms with Gasteiger partial charge in [-0.1, -0.05) is 0 Å². The predicted octanol–water partition coefficient (Wildman–Crippen LogP) is 1.92. The minimum atomic E-state index is 0.660. The van der Waals surface area contributed by atoms with Crippen LogP contribution in [0.3, 0.4) is 0 Å². The SMILES string of the molecule is Cc1n[nH]c(C)c1C1CCOCC1. The van der Waals surface area contributed by atoms with Crippen LogP contribution in [0.4, 0.5) is 0 Å². The average Bonchev–Trinajstić information content (AvgIpc) is 2.48. The molecule has 0 radical (unpaired) electrons. The molecule has 0 amide bonds. The summed E-state index contributed by atoms with van der Waals surface area (Å²) in [4.78, 5) is 0. The number of aromatic nitrogens is 2. The van der Waals surface area contributed by atoms with Crippen molar-refractivity contribution in [3.8, 4) is 0 Å². The van der Waals surface area contributed by atoms with Crippen LogP contribution in [0.25, 0.3) is 0 Å². The van der Waals surface area contributed by atoms with Crippen molar-refractivity contribution in [2.45, 2.75) is 32.6 Å². The molecule has 1 saturated heterocycles. The molecule has 0 bridgehead atoms. The Morgan fingerprint density at radius 3 is 2.54 bits per heavy atom. The zero-order valence-corrected chi connectivity index (χ0v) is 8.26. The lowest BCUT2D eigenvalue weighted by Crippen LogP contribution is -2.15. The van der Waals surface area contributed by atoms with Gasteiger partial charge in [-0.3, -0.25) is 5.10 Å². The van der Waals surface area contributed by atoms with Crippen molar-refractivity contribution in [3.63, 3.8) is 0 Å². The molecule has 1 aromatic heterocycles. The van der Waals surface area contributed by atoms with Crippen LogP contribution in [0.2, 0.25) is 0 Å².